The van der Waals surface area contributed by atoms with E-state index in [2.05, 4.69) is 6.07 Å². The van der Waals surface area contributed by atoms with Gasteiger partial charge in [-0.1, -0.05) is 0 Å². The van der Waals surface area contributed by atoms with Crippen molar-refractivity contribution in [2.24, 2.45) is 11.5 Å². The van der Waals surface area contributed by atoms with Crippen LogP contribution in [-0.2, 0) is 24.2 Å². The topological polar surface area (TPSA) is 85.2 Å². The molecule has 1 heterocycles. The molecule has 0 spiro atoms. The van der Waals surface area contributed by atoms with Crippen LogP contribution in [0.15, 0.2) is 6.07 Å². The van der Waals surface area contributed by atoms with Crippen molar-refractivity contribution in [1.29, 1.82) is 0 Å². The number of aromatic nitrogens is 1. The second kappa shape index (κ2) is 5.57. The van der Waals surface area contributed by atoms with E-state index >= 15 is 0 Å². The molecular formula is C14H22N4O. The molecule has 0 saturated heterocycles. The van der Waals surface area contributed by atoms with Gasteiger partial charge in [0, 0.05) is 23.8 Å². The Hall–Kier alpha value is -1.62. The molecule has 0 radical (unpaired) electrons. The van der Waals surface area contributed by atoms with Crippen molar-refractivity contribution in [2.75, 3.05) is 11.4 Å². The first-order valence-electron chi connectivity index (χ1n) is 6.79. The molecule has 0 unspecified atom stereocenters. The van der Waals surface area contributed by atoms with E-state index in [0.29, 0.717) is 6.54 Å². The van der Waals surface area contributed by atoms with E-state index in [1.165, 1.54) is 5.56 Å². The number of carbonyl (C=O) groups excluding carboxylic acids is 1. The van der Waals surface area contributed by atoms with E-state index in [0.717, 1.165) is 36.3 Å². The van der Waals surface area contributed by atoms with Gasteiger partial charge in [0.15, 0.2) is 0 Å². The first-order chi connectivity index (χ1) is 9.02. The molecule has 5 heteroatoms. The Kier molecular flexibility index (Phi) is 4.04. The van der Waals surface area contributed by atoms with Crippen LogP contribution in [0, 0.1) is 0 Å². The minimum atomic E-state index is -0.348. The monoisotopic (exact) mass is 262 g/mol. The van der Waals surface area contributed by atoms with Crippen molar-refractivity contribution in [2.45, 2.75) is 45.7 Å². The average molecular weight is 262 g/mol. The van der Waals surface area contributed by atoms with Crippen LogP contribution in [0.25, 0.3) is 0 Å². The van der Waals surface area contributed by atoms with Crippen LogP contribution >= 0.6 is 0 Å². The molecule has 2 rings (SSSR count). The molecule has 0 aliphatic heterocycles. The number of amides is 1. The van der Waals surface area contributed by atoms with Gasteiger partial charge < -0.3 is 16.4 Å². The molecule has 1 aliphatic carbocycles. The van der Waals surface area contributed by atoms with Crippen LogP contribution in [-0.4, -0.2) is 23.5 Å². The number of hydrogen-bond donors (Lipinski definition) is 2. The number of pyridine rings is 1. The Morgan fingerprint density at radius 2 is 2.21 bits per heavy atom. The molecule has 0 saturated carbocycles. The standard InChI is InChI=1S/C14H22N4O/c1-9(2)18(8-13(16)19)14-11(7-15)6-10-4-3-5-12(10)17-14/h6,9H,3-5,7-8,15H2,1-2H3,(H2,16,19). The molecule has 1 aromatic heterocycles. The number of rotatable bonds is 5. The van der Waals surface area contributed by atoms with Crippen molar-refractivity contribution in [1.82, 2.24) is 4.98 Å². The van der Waals surface area contributed by atoms with Gasteiger partial charge in [-0.2, -0.15) is 0 Å². The Morgan fingerprint density at radius 1 is 1.47 bits per heavy atom. The summed E-state index contributed by atoms with van der Waals surface area (Å²) in [5.74, 6) is 0.468. The molecule has 0 fully saturated rings. The van der Waals surface area contributed by atoms with Gasteiger partial charge >= 0.3 is 0 Å². The number of nitrogens with zero attached hydrogens (tertiary/aromatic N) is 2. The Balaban J connectivity index is 2.43. The lowest BCUT2D eigenvalue weighted by Gasteiger charge is -2.29. The first kappa shape index (κ1) is 13.8. The maximum absolute atomic E-state index is 11.2. The third-order valence-electron chi connectivity index (χ3n) is 3.55. The van der Waals surface area contributed by atoms with Crippen molar-refractivity contribution < 1.29 is 4.79 Å². The van der Waals surface area contributed by atoms with Crippen LogP contribution < -0.4 is 16.4 Å². The highest BCUT2D eigenvalue weighted by Crippen LogP contribution is 2.28. The summed E-state index contributed by atoms with van der Waals surface area (Å²) in [5.41, 5.74) is 14.6. The molecule has 104 valence electrons. The summed E-state index contributed by atoms with van der Waals surface area (Å²) in [4.78, 5) is 17.9. The second-order valence-corrected chi connectivity index (χ2v) is 5.32. The molecule has 1 aliphatic rings. The fraction of sp³-hybridized carbons (Fsp3) is 0.571. The summed E-state index contributed by atoms with van der Waals surface area (Å²) in [6.07, 6.45) is 3.23. The van der Waals surface area contributed by atoms with Crippen LogP contribution in [0.4, 0.5) is 5.82 Å². The van der Waals surface area contributed by atoms with Gasteiger partial charge in [-0.05, 0) is 44.7 Å². The van der Waals surface area contributed by atoms with E-state index < -0.39 is 0 Å². The second-order valence-electron chi connectivity index (χ2n) is 5.32. The van der Waals surface area contributed by atoms with E-state index in [-0.39, 0.29) is 18.5 Å². The van der Waals surface area contributed by atoms with E-state index in [9.17, 15) is 4.79 Å². The van der Waals surface area contributed by atoms with Crippen LogP contribution in [0.1, 0.15) is 37.1 Å². The summed E-state index contributed by atoms with van der Waals surface area (Å²) in [5, 5.41) is 0. The van der Waals surface area contributed by atoms with Gasteiger partial charge in [0.05, 0.1) is 6.54 Å². The van der Waals surface area contributed by atoms with Gasteiger partial charge in [0.1, 0.15) is 5.82 Å². The highest BCUT2D eigenvalue weighted by Gasteiger charge is 2.21. The quantitative estimate of drug-likeness (QED) is 0.819. The smallest absolute Gasteiger partial charge is 0.237 e. The fourth-order valence-corrected chi connectivity index (χ4v) is 2.58. The zero-order valence-corrected chi connectivity index (χ0v) is 11.6. The number of aryl methyl sites for hydroxylation is 2. The zero-order valence-electron chi connectivity index (χ0n) is 11.6. The van der Waals surface area contributed by atoms with Crippen LogP contribution in [0.3, 0.4) is 0 Å². The molecule has 0 aromatic carbocycles. The highest BCUT2D eigenvalue weighted by molar-refractivity contribution is 5.79. The SMILES string of the molecule is CC(C)N(CC(N)=O)c1nc2c(cc1CN)CCC2. The molecule has 0 bridgehead atoms. The van der Waals surface area contributed by atoms with Crippen molar-refractivity contribution in [3.63, 3.8) is 0 Å². The largest absolute Gasteiger partial charge is 0.368 e. The number of anilines is 1. The third kappa shape index (κ3) is 2.87. The van der Waals surface area contributed by atoms with E-state index in [1.807, 2.05) is 18.7 Å². The van der Waals surface area contributed by atoms with Crippen molar-refractivity contribution in [3.8, 4) is 0 Å². The molecule has 1 aromatic rings. The maximum atomic E-state index is 11.2. The summed E-state index contributed by atoms with van der Waals surface area (Å²) >= 11 is 0. The number of hydrogen-bond acceptors (Lipinski definition) is 4. The summed E-state index contributed by atoms with van der Waals surface area (Å²) < 4.78 is 0. The molecule has 4 N–H and O–H groups in total. The van der Waals surface area contributed by atoms with Gasteiger partial charge in [0.25, 0.3) is 0 Å². The van der Waals surface area contributed by atoms with E-state index in [1.54, 1.807) is 0 Å². The van der Waals surface area contributed by atoms with Gasteiger partial charge in [-0.3, -0.25) is 4.79 Å². The number of nitrogens with two attached hydrogens (primary N) is 2. The van der Waals surface area contributed by atoms with Crippen molar-refractivity contribution >= 4 is 11.7 Å². The number of primary amides is 1. The minimum Gasteiger partial charge on any atom is -0.368 e. The first-order valence-corrected chi connectivity index (χ1v) is 6.79. The molecule has 1 amide bonds. The molecule has 0 atom stereocenters. The predicted octanol–water partition coefficient (Wildman–Crippen LogP) is 0.729. The van der Waals surface area contributed by atoms with Gasteiger partial charge in [-0.15, -0.1) is 0 Å². The minimum absolute atomic E-state index is 0.157. The molecule has 5 nitrogen and oxygen atoms in total. The zero-order chi connectivity index (χ0) is 14.0. The van der Waals surface area contributed by atoms with E-state index in [4.69, 9.17) is 16.5 Å². The summed E-state index contributed by atoms with van der Waals surface area (Å²) in [7, 11) is 0. The summed E-state index contributed by atoms with van der Waals surface area (Å²) in [6, 6.07) is 2.30. The fourth-order valence-electron chi connectivity index (χ4n) is 2.58. The van der Waals surface area contributed by atoms with Crippen LogP contribution in [0.5, 0.6) is 0 Å². The van der Waals surface area contributed by atoms with Gasteiger partial charge in [-0.25, -0.2) is 4.98 Å². The predicted molar refractivity (Wildman–Crippen MR) is 75.8 cm³/mol. The molecular weight excluding hydrogens is 240 g/mol. The van der Waals surface area contributed by atoms with Gasteiger partial charge in [0.2, 0.25) is 5.91 Å². The lowest BCUT2D eigenvalue weighted by Crippen LogP contribution is -2.40. The Labute approximate surface area is 114 Å². The number of fused-ring (bicyclic) bond motifs is 1. The Morgan fingerprint density at radius 3 is 2.79 bits per heavy atom. The molecule has 19 heavy (non-hydrogen) atoms. The average Bonchev–Trinajstić information content (AvgIpc) is 2.80. The maximum Gasteiger partial charge on any atom is 0.237 e. The summed E-state index contributed by atoms with van der Waals surface area (Å²) in [6.45, 7) is 4.66. The Bertz CT molecular complexity index is 485. The van der Waals surface area contributed by atoms with Crippen LogP contribution in [0.2, 0.25) is 0 Å². The third-order valence-corrected chi connectivity index (χ3v) is 3.55. The lowest BCUT2D eigenvalue weighted by molar-refractivity contribution is -0.116. The normalized spacial score (nSPS) is 13.7. The van der Waals surface area contributed by atoms with Crippen molar-refractivity contribution in [3.05, 3.63) is 22.9 Å². The highest BCUT2D eigenvalue weighted by atomic mass is 16.1. The number of carbonyl (C=O) groups is 1. The lowest BCUT2D eigenvalue weighted by atomic mass is 10.1.